The van der Waals surface area contributed by atoms with Gasteiger partial charge in [0.25, 0.3) is 0 Å². The third-order valence-corrected chi connectivity index (χ3v) is 2.84. The van der Waals surface area contributed by atoms with Gasteiger partial charge < -0.3 is 4.57 Å². The Labute approximate surface area is 101 Å². The molecule has 0 aliphatic heterocycles. The van der Waals surface area contributed by atoms with E-state index in [0.29, 0.717) is 12.0 Å². The van der Waals surface area contributed by atoms with Crippen LogP contribution in [0, 0.1) is 22.7 Å². The largest absolute Gasteiger partial charge is 0.347 e. The van der Waals surface area contributed by atoms with Gasteiger partial charge in [0.05, 0.1) is 17.7 Å². The monoisotopic (exact) mass is 223 g/mol. The Morgan fingerprint density at radius 1 is 1.12 bits per heavy atom. The molecule has 84 valence electrons. The highest BCUT2D eigenvalue weighted by atomic mass is 14.9. The van der Waals surface area contributed by atoms with Crippen molar-refractivity contribution in [2.45, 2.75) is 25.8 Å². The van der Waals surface area contributed by atoms with E-state index in [1.54, 1.807) is 0 Å². The second-order valence-corrected chi connectivity index (χ2v) is 4.01. The minimum absolute atomic E-state index is 0.614. The molecule has 17 heavy (non-hydrogen) atoms. The number of benzene rings is 1. The molecule has 0 saturated carbocycles. The minimum atomic E-state index is 0.614. The summed E-state index contributed by atoms with van der Waals surface area (Å²) < 4.78 is 2.15. The molecule has 2 rings (SSSR count). The highest BCUT2D eigenvalue weighted by Gasteiger charge is 2.01. The highest BCUT2D eigenvalue weighted by Crippen LogP contribution is 2.18. The summed E-state index contributed by atoms with van der Waals surface area (Å²) in [5, 5.41) is 18.5. The average Bonchev–Trinajstić information content (AvgIpc) is 2.77. The van der Waals surface area contributed by atoms with Crippen LogP contribution in [-0.2, 0) is 6.54 Å². The highest BCUT2D eigenvalue weighted by molar-refractivity contribution is 5.81. The number of nitrogens with zero attached hydrogens (tertiary/aromatic N) is 3. The molecule has 0 fully saturated rings. The van der Waals surface area contributed by atoms with Gasteiger partial charge in [0, 0.05) is 24.7 Å². The van der Waals surface area contributed by atoms with Crippen molar-refractivity contribution in [2.75, 3.05) is 0 Å². The molecule has 0 N–H and O–H groups in total. The Morgan fingerprint density at radius 2 is 2.00 bits per heavy atom. The van der Waals surface area contributed by atoms with Gasteiger partial charge in [-0.2, -0.15) is 10.5 Å². The lowest BCUT2D eigenvalue weighted by Crippen LogP contribution is -1.95. The van der Waals surface area contributed by atoms with E-state index in [1.165, 1.54) is 0 Å². The molecule has 3 heteroatoms. The smallest absolute Gasteiger partial charge is 0.0992 e. The second kappa shape index (κ2) is 5.18. The third kappa shape index (κ3) is 2.46. The van der Waals surface area contributed by atoms with Crippen molar-refractivity contribution in [3.8, 4) is 12.1 Å². The molecule has 0 unspecified atom stereocenters. The lowest BCUT2D eigenvalue weighted by Gasteiger charge is -2.04. The lowest BCUT2D eigenvalue weighted by atomic mass is 10.2. The van der Waals surface area contributed by atoms with Crippen LogP contribution >= 0.6 is 0 Å². The van der Waals surface area contributed by atoms with Gasteiger partial charge in [0.2, 0.25) is 0 Å². The first-order valence-electron chi connectivity index (χ1n) is 5.71. The number of nitriles is 2. The van der Waals surface area contributed by atoms with Crippen LogP contribution in [-0.4, -0.2) is 4.57 Å². The van der Waals surface area contributed by atoms with Gasteiger partial charge in [-0.25, -0.2) is 0 Å². The number of hydrogen-bond donors (Lipinski definition) is 0. The zero-order valence-electron chi connectivity index (χ0n) is 9.56. The molecule has 0 bridgehead atoms. The van der Waals surface area contributed by atoms with Crippen LogP contribution in [0.3, 0.4) is 0 Å². The molecule has 1 heterocycles. The van der Waals surface area contributed by atoms with Crippen molar-refractivity contribution < 1.29 is 0 Å². The van der Waals surface area contributed by atoms with E-state index in [1.807, 2.05) is 24.4 Å². The molecule has 0 aliphatic carbocycles. The fourth-order valence-electron chi connectivity index (χ4n) is 1.93. The molecule has 0 aliphatic rings. The average molecular weight is 223 g/mol. The van der Waals surface area contributed by atoms with Crippen LogP contribution < -0.4 is 0 Å². The van der Waals surface area contributed by atoms with E-state index < -0.39 is 0 Å². The number of hydrogen-bond acceptors (Lipinski definition) is 2. The SMILES string of the molecule is N#CCCCCn1ccc2ccc(C#N)cc21. The van der Waals surface area contributed by atoms with E-state index in [-0.39, 0.29) is 0 Å². The third-order valence-electron chi connectivity index (χ3n) is 2.84. The normalized spacial score (nSPS) is 10.0. The fraction of sp³-hybridized carbons (Fsp3) is 0.286. The van der Waals surface area contributed by atoms with Gasteiger partial charge in [0.15, 0.2) is 0 Å². The molecule has 1 aromatic carbocycles. The summed E-state index contributed by atoms with van der Waals surface area (Å²) in [4.78, 5) is 0. The minimum Gasteiger partial charge on any atom is -0.347 e. The fourth-order valence-corrected chi connectivity index (χ4v) is 1.93. The summed E-state index contributed by atoms with van der Waals surface area (Å²) >= 11 is 0. The van der Waals surface area contributed by atoms with Crippen LogP contribution in [0.5, 0.6) is 0 Å². The topological polar surface area (TPSA) is 52.5 Å². The van der Waals surface area contributed by atoms with E-state index in [9.17, 15) is 0 Å². The van der Waals surface area contributed by atoms with Gasteiger partial charge in [-0.05, 0) is 36.4 Å². The Hall–Kier alpha value is -2.26. The Kier molecular flexibility index (Phi) is 3.43. The second-order valence-electron chi connectivity index (χ2n) is 4.01. The van der Waals surface area contributed by atoms with Crippen molar-refractivity contribution in [3.63, 3.8) is 0 Å². The molecule has 0 saturated heterocycles. The number of fused-ring (bicyclic) bond motifs is 1. The van der Waals surface area contributed by atoms with E-state index in [2.05, 4.69) is 22.8 Å². The lowest BCUT2D eigenvalue weighted by molar-refractivity contribution is 0.632. The maximum Gasteiger partial charge on any atom is 0.0992 e. The number of rotatable bonds is 4. The van der Waals surface area contributed by atoms with Crippen molar-refractivity contribution in [1.82, 2.24) is 4.57 Å². The molecule has 0 radical (unpaired) electrons. The van der Waals surface area contributed by atoms with Gasteiger partial charge in [-0.1, -0.05) is 6.07 Å². The predicted molar refractivity (Wildman–Crippen MR) is 66.1 cm³/mol. The predicted octanol–water partition coefficient (Wildman–Crippen LogP) is 3.21. The molecular weight excluding hydrogens is 210 g/mol. The Morgan fingerprint density at radius 3 is 2.76 bits per heavy atom. The van der Waals surface area contributed by atoms with Crippen molar-refractivity contribution >= 4 is 10.9 Å². The maximum absolute atomic E-state index is 8.88. The number of unbranched alkanes of at least 4 members (excludes halogenated alkanes) is 2. The molecule has 2 aromatic rings. The molecule has 0 spiro atoms. The van der Waals surface area contributed by atoms with Gasteiger partial charge in [-0.3, -0.25) is 0 Å². The summed E-state index contributed by atoms with van der Waals surface area (Å²) in [5.74, 6) is 0. The first-order valence-corrected chi connectivity index (χ1v) is 5.71. The van der Waals surface area contributed by atoms with E-state index >= 15 is 0 Å². The van der Waals surface area contributed by atoms with Crippen molar-refractivity contribution in [1.29, 1.82) is 10.5 Å². The van der Waals surface area contributed by atoms with Gasteiger partial charge in [0.1, 0.15) is 0 Å². The first kappa shape index (κ1) is 11.2. The summed E-state index contributed by atoms with van der Waals surface area (Å²) in [6.45, 7) is 0.903. The molecule has 0 amide bonds. The Bertz CT molecular complexity index is 596. The molecule has 3 nitrogen and oxygen atoms in total. The van der Waals surface area contributed by atoms with Crippen LogP contribution in [0.25, 0.3) is 10.9 Å². The van der Waals surface area contributed by atoms with Gasteiger partial charge >= 0.3 is 0 Å². The van der Waals surface area contributed by atoms with Crippen LogP contribution in [0.15, 0.2) is 30.5 Å². The van der Waals surface area contributed by atoms with Crippen LogP contribution in [0.1, 0.15) is 24.8 Å². The van der Waals surface area contributed by atoms with Crippen molar-refractivity contribution in [3.05, 3.63) is 36.0 Å². The molecular formula is C14H13N3. The van der Waals surface area contributed by atoms with E-state index in [4.69, 9.17) is 10.5 Å². The summed E-state index contributed by atoms with van der Waals surface area (Å²) in [6.07, 6.45) is 4.57. The quantitative estimate of drug-likeness (QED) is 0.747. The van der Waals surface area contributed by atoms with Crippen molar-refractivity contribution in [2.24, 2.45) is 0 Å². The standard InChI is InChI=1S/C14H13N3/c15-7-2-1-3-8-17-9-6-13-5-4-12(11-16)10-14(13)17/h4-6,9-10H,1-3,8H2. The van der Waals surface area contributed by atoms with E-state index in [0.717, 1.165) is 30.3 Å². The molecule has 1 aromatic heterocycles. The Balaban J connectivity index is 2.18. The molecule has 0 atom stereocenters. The van der Waals surface area contributed by atoms with Gasteiger partial charge in [-0.15, -0.1) is 0 Å². The summed E-state index contributed by atoms with van der Waals surface area (Å²) in [7, 11) is 0. The summed E-state index contributed by atoms with van der Waals surface area (Å²) in [5.41, 5.74) is 1.79. The number of aryl methyl sites for hydroxylation is 1. The zero-order valence-corrected chi connectivity index (χ0v) is 9.56. The van der Waals surface area contributed by atoms with Crippen LogP contribution in [0.2, 0.25) is 0 Å². The summed E-state index contributed by atoms with van der Waals surface area (Å²) in [6, 6.07) is 12.1. The zero-order chi connectivity index (χ0) is 12.1. The van der Waals surface area contributed by atoms with Crippen LogP contribution in [0.4, 0.5) is 0 Å². The first-order chi connectivity index (χ1) is 8.35. The number of aromatic nitrogens is 1. The maximum atomic E-state index is 8.88.